The van der Waals surface area contributed by atoms with Crippen LogP contribution in [0.2, 0.25) is 0 Å². The first-order valence-electron chi connectivity index (χ1n) is 9.47. The third-order valence-electron chi connectivity index (χ3n) is 5.62. The number of aliphatic hydroxyl groups is 1. The molecular weight excluding hydrogens is 324 g/mol. The molecule has 1 N–H and O–H groups in total. The zero-order valence-electron chi connectivity index (χ0n) is 15.6. The van der Waals surface area contributed by atoms with Gasteiger partial charge in [-0.05, 0) is 38.3 Å². The Balaban J connectivity index is 1.83. The number of anilines is 1. The highest BCUT2D eigenvalue weighted by atomic mass is 16.5. The molecule has 0 spiro atoms. The number of hydrogen-bond acceptors (Lipinski definition) is 3. The Hall–Kier alpha value is -2.33. The second-order valence-electron chi connectivity index (χ2n) is 7.32. The van der Waals surface area contributed by atoms with Crippen LogP contribution in [-0.4, -0.2) is 35.7 Å². The zero-order chi connectivity index (χ0) is 18.1. The molecule has 2 aliphatic heterocycles. The summed E-state index contributed by atoms with van der Waals surface area (Å²) in [5.41, 5.74) is 2.19. The van der Waals surface area contributed by atoms with Crippen LogP contribution in [0.5, 0.6) is 5.75 Å². The molecule has 0 fully saturated rings. The third kappa shape index (κ3) is 2.78. The maximum atomic E-state index is 11.8. The van der Waals surface area contributed by atoms with Crippen molar-refractivity contribution in [3.8, 4) is 5.75 Å². The minimum absolute atomic E-state index is 0.520. The monoisotopic (exact) mass is 351 g/mol. The summed E-state index contributed by atoms with van der Waals surface area (Å²) in [4.78, 5) is 2.25. The van der Waals surface area contributed by atoms with Crippen LogP contribution in [0.1, 0.15) is 36.8 Å². The Labute approximate surface area is 155 Å². The Morgan fingerprint density at radius 3 is 2.58 bits per heavy atom. The number of rotatable bonds is 3. The first-order chi connectivity index (χ1) is 12.6. The summed E-state index contributed by atoms with van der Waals surface area (Å²) >= 11 is 0. The van der Waals surface area contributed by atoms with E-state index in [-0.39, 0.29) is 0 Å². The van der Waals surface area contributed by atoms with Gasteiger partial charge in [0.05, 0.1) is 13.7 Å². The molecule has 4 rings (SSSR count). The molecule has 26 heavy (non-hydrogen) atoms. The molecule has 0 unspecified atom stereocenters. The van der Waals surface area contributed by atoms with Crippen molar-refractivity contribution in [3.05, 3.63) is 59.7 Å². The number of nitrogens with zero attached hydrogens (tertiary/aromatic N) is 2. The molecule has 136 valence electrons. The molecule has 0 saturated heterocycles. The Morgan fingerprint density at radius 2 is 1.81 bits per heavy atom. The lowest BCUT2D eigenvalue weighted by Gasteiger charge is -2.24. The van der Waals surface area contributed by atoms with Crippen LogP contribution in [0.3, 0.4) is 0 Å². The van der Waals surface area contributed by atoms with E-state index >= 15 is 0 Å². The molecule has 0 aromatic heterocycles. The fourth-order valence-corrected chi connectivity index (χ4v) is 4.21. The minimum Gasteiger partial charge on any atom is -0.492 e. The highest BCUT2D eigenvalue weighted by Crippen LogP contribution is 2.38. The van der Waals surface area contributed by atoms with Crippen molar-refractivity contribution < 1.29 is 14.4 Å². The van der Waals surface area contributed by atoms with Gasteiger partial charge in [-0.25, -0.2) is 9.48 Å². The van der Waals surface area contributed by atoms with Gasteiger partial charge in [0.25, 0.3) is 11.6 Å². The number of amidine groups is 1. The molecule has 0 amide bonds. The van der Waals surface area contributed by atoms with Crippen molar-refractivity contribution in [1.29, 1.82) is 0 Å². The van der Waals surface area contributed by atoms with Gasteiger partial charge in [0.1, 0.15) is 0 Å². The van der Waals surface area contributed by atoms with Gasteiger partial charge < -0.3 is 9.84 Å². The van der Waals surface area contributed by atoms with E-state index in [2.05, 4.69) is 46.7 Å². The average molecular weight is 351 g/mol. The number of hydrogen-bond donors (Lipinski definition) is 1. The standard InChI is InChI=1S/C22H27N2O2/c1-17-11-13-18(14-12-17)22(25)16-23(19-8-5-6-9-20(19)26-2)21-10-4-3-7-15-24(21)22/h5-6,8-9,11-14,25H,3-4,7,10,15-16H2,1-2H3/q+1/t22-/m1/s1. The number of β-amino-alcohol motifs (C(OH)–C–C–N with tert-alkyl or cyclic N) is 1. The van der Waals surface area contributed by atoms with Crippen LogP contribution in [0.4, 0.5) is 5.69 Å². The smallest absolute Gasteiger partial charge is 0.271 e. The second-order valence-corrected chi connectivity index (χ2v) is 7.32. The fourth-order valence-electron chi connectivity index (χ4n) is 4.21. The molecule has 2 aromatic carbocycles. The molecule has 1 atom stereocenters. The lowest BCUT2D eigenvalue weighted by molar-refractivity contribution is -0.658. The normalized spacial score (nSPS) is 23.0. The van der Waals surface area contributed by atoms with Crippen LogP contribution in [0, 0.1) is 6.92 Å². The van der Waals surface area contributed by atoms with Gasteiger partial charge in [-0.1, -0.05) is 42.0 Å². The topological polar surface area (TPSA) is 35.7 Å². The van der Waals surface area contributed by atoms with E-state index in [0.717, 1.165) is 42.8 Å². The molecule has 0 aliphatic carbocycles. The molecule has 2 aliphatic rings. The first-order valence-corrected chi connectivity index (χ1v) is 9.47. The van der Waals surface area contributed by atoms with Gasteiger partial charge >= 0.3 is 0 Å². The maximum absolute atomic E-state index is 11.8. The van der Waals surface area contributed by atoms with Crippen LogP contribution >= 0.6 is 0 Å². The molecule has 2 heterocycles. The molecule has 0 radical (unpaired) electrons. The minimum atomic E-state index is -1.01. The van der Waals surface area contributed by atoms with E-state index in [9.17, 15) is 5.11 Å². The van der Waals surface area contributed by atoms with Crippen molar-refractivity contribution in [1.82, 2.24) is 0 Å². The van der Waals surface area contributed by atoms with Gasteiger partial charge in [-0.15, -0.1) is 0 Å². The summed E-state index contributed by atoms with van der Waals surface area (Å²) in [5.74, 6) is 2.05. The summed E-state index contributed by atoms with van der Waals surface area (Å²) in [6, 6.07) is 16.4. The van der Waals surface area contributed by atoms with Crippen LogP contribution < -0.4 is 9.64 Å². The molecule has 4 nitrogen and oxygen atoms in total. The highest BCUT2D eigenvalue weighted by molar-refractivity contribution is 5.97. The number of ether oxygens (including phenoxy) is 1. The van der Waals surface area contributed by atoms with E-state index in [1.165, 1.54) is 17.8 Å². The van der Waals surface area contributed by atoms with Gasteiger partial charge in [0.15, 0.2) is 18.0 Å². The maximum Gasteiger partial charge on any atom is 0.271 e. The van der Waals surface area contributed by atoms with Crippen molar-refractivity contribution in [2.75, 3.05) is 25.1 Å². The Bertz CT molecular complexity index is 828. The SMILES string of the molecule is COc1ccccc1N1C[C@@](O)(c2ccc(C)cc2)[N+]2=C1CCCCC2. The molecule has 0 bridgehead atoms. The van der Waals surface area contributed by atoms with Crippen LogP contribution in [-0.2, 0) is 5.72 Å². The van der Waals surface area contributed by atoms with E-state index < -0.39 is 5.72 Å². The van der Waals surface area contributed by atoms with E-state index in [0.29, 0.717) is 6.54 Å². The number of aryl methyl sites for hydroxylation is 1. The largest absolute Gasteiger partial charge is 0.492 e. The highest BCUT2D eigenvalue weighted by Gasteiger charge is 2.52. The Kier molecular flexibility index (Phi) is 4.45. The summed E-state index contributed by atoms with van der Waals surface area (Å²) in [5, 5.41) is 11.8. The second kappa shape index (κ2) is 6.76. The molecule has 4 heteroatoms. The summed E-state index contributed by atoms with van der Waals surface area (Å²) in [7, 11) is 1.70. The van der Waals surface area contributed by atoms with Crippen LogP contribution in [0.25, 0.3) is 0 Å². The van der Waals surface area contributed by atoms with Gasteiger partial charge in [-0.3, -0.25) is 0 Å². The predicted octanol–water partition coefficient (Wildman–Crippen LogP) is 3.65. The van der Waals surface area contributed by atoms with E-state index in [1.54, 1.807) is 7.11 Å². The first kappa shape index (κ1) is 17.1. The van der Waals surface area contributed by atoms with Gasteiger partial charge in [-0.2, -0.15) is 0 Å². The summed E-state index contributed by atoms with van der Waals surface area (Å²) in [6.45, 7) is 3.48. The Morgan fingerprint density at radius 1 is 1.04 bits per heavy atom. The fraction of sp³-hybridized carbons (Fsp3) is 0.409. The van der Waals surface area contributed by atoms with Crippen molar-refractivity contribution in [2.24, 2.45) is 0 Å². The number of benzene rings is 2. The predicted molar refractivity (Wildman–Crippen MR) is 104 cm³/mol. The van der Waals surface area contributed by atoms with E-state index in [1.807, 2.05) is 18.2 Å². The lowest BCUT2D eigenvalue weighted by Crippen LogP contribution is -2.41. The van der Waals surface area contributed by atoms with E-state index in [4.69, 9.17) is 4.74 Å². The number of para-hydroxylation sites is 2. The summed E-state index contributed by atoms with van der Waals surface area (Å²) in [6.07, 6.45) is 4.44. The number of methoxy groups -OCH3 is 1. The van der Waals surface area contributed by atoms with Crippen LogP contribution in [0.15, 0.2) is 48.5 Å². The zero-order valence-corrected chi connectivity index (χ0v) is 15.6. The molecule has 0 saturated carbocycles. The van der Waals surface area contributed by atoms with Crippen molar-refractivity contribution in [2.45, 2.75) is 38.3 Å². The van der Waals surface area contributed by atoms with Crippen molar-refractivity contribution in [3.63, 3.8) is 0 Å². The average Bonchev–Trinajstić information content (AvgIpc) is 2.82. The molecule has 2 aromatic rings. The van der Waals surface area contributed by atoms with Gasteiger partial charge in [0.2, 0.25) is 0 Å². The quantitative estimate of drug-likeness (QED) is 0.858. The van der Waals surface area contributed by atoms with Crippen molar-refractivity contribution >= 4 is 11.5 Å². The van der Waals surface area contributed by atoms with Gasteiger partial charge in [0, 0.05) is 12.0 Å². The third-order valence-corrected chi connectivity index (χ3v) is 5.62. The summed E-state index contributed by atoms with van der Waals surface area (Å²) < 4.78 is 7.82. The lowest BCUT2D eigenvalue weighted by atomic mass is 10.0. The molecular formula is C22H27N2O2+.